The van der Waals surface area contributed by atoms with Crippen LogP contribution in [-0.2, 0) is 6.42 Å². The summed E-state index contributed by atoms with van der Waals surface area (Å²) in [5.74, 6) is 2.34. The zero-order chi connectivity index (χ0) is 19.5. The van der Waals surface area contributed by atoms with E-state index in [0.717, 1.165) is 18.0 Å². The second-order valence-corrected chi connectivity index (χ2v) is 8.04. The third-order valence-electron chi connectivity index (χ3n) is 5.87. The molecule has 6 nitrogen and oxygen atoms in total. The molecule has 0 radical (unpaired) electrons. The molecular formula is C22H28N4O2. The first-order chi connectivity index (χ1) is 13.6. The molecule has 2 heterocycles. The molecule has 1 unspecified atom stereocenters. The number of nitrogens with zero attached hydrogens (tertiary/aromatic N) is 2. The molecule has 0 spiro atoms. The van der Waals surface area contributed by atoms with Crippen molar-refractivity contribution in [3.8, 4) is 5.75 Å². The van der Waals surface area contributed by atoms with Gasteiger partial charge in [0, 0.05) is 6.42 Å². The van der Waals surface area contributed by atoms with E-state index >= 15 is 0 Å². The lowest BCUT2D eigenvalue weighted by Crippen LogP contribution is -2.25. The van der Waals surface area contributed by atoms with E-state index in [0.29, 0.717) is 23.5 Å². The normalized spacial score (nSPS) is 16.4. The highest BCUT2D eigenvalue weighted by Gasteiger charge is 2.22. The lowest BCUT2D eigenvalue weighted by molar-refractivity contribution is 0.151. The number of fused-ring (bicyclic) bond motifs is 1. The van der Waals surface area contributed by atoms with Crippen LogP contribution in [0.5, 0.6) is 5.75 Å². The first kappa shape index (κ1) is 18.7. The summed E-state index contributed by atoms with van der Waals surface area (Å²) >= 11 is 0. The Morgan fingerprint density at radius 1 is 1.18 bits per heavy atom. The van der Waals surface area contributed by atoms with Gasteiger partial charge in [0.15, 0.2) is 11.2 Å². The average Bonchev–Trinajstić information content (AvgIpc) is 3.09. The fourth-order valence-electron chi connectivity index (χ4n) is 4.15. The molecule has 2 N–H and O–H groups in total. The van der Waals surface area contributed by atoms with E-state index in [1.165, 1.54) is 49.6 Å². The third kappa shape index (κ3) is 4.26. The van der Waals surface area contributed by atoms with E-state index in [9.17, 15) is 4.79 Å². The van der Waals surface area contributed by atoms with Crippen molar-refractivity contribution < 1.29 is 4.74 Å². The van der Waals surface area contributed by atoms with Crippen molar-refractivity contribution in [3.63, 3.8) is 0 Å². The second-order valence-electron chi connectivity index (χ2n) is 8.04. The minimum absolute atomic E-state index is 0.0184. The maximum Gasteiger partial charge on any atom is 0.276 e. The summed E-state index contributed by atoms with van der Waals surface area (Å²) in [7, 11) is 0. The Balaban J connectivity index is 1.56. The summed E-state index contributed by atoms with van der Waals surface area (Å²) in [4.78, 5) is 26.4. The zero-order valence-electron chi connectivity index (χ0n) is 16.6. The van der Waals surface area contributed by atoms with Gasteiger partial charge in [0.1, 0.15) is 17.7 Å². The van der Waals surface area contributed by atoms with Gasteiger partial charge in [0.2, 0.25) is 0 Å². The van der Waals surface area contributed by atoms with Crippen molar-refractivity contribution in [1.82, 2.24) is 19.9 Å². The van der Waals surface area contributed by atoms with E-state index in [4.69, 9.17) is 4.74 Å². The van der Waals surface area contributed by atoms with Gasteiger partial charge < -0.3 is 14.7 Å². The third-order valence-corrected chi connectivity index (χ3v) is 5.87. The molecule has 0 bridgehead atoms. The predicted molar refractivity (Wildman–Crippen MR) is 110 cm³/mol. The van der Waals surface area contributed by atoms with Crippen LogP contribution >= 0.6 is 0 Å². The van der Waals surface area contributed by atoms with Gasteiger partial charge in [-0.25, -0.2) is 9.97 Å². The molecule has 1 atom stereocenters. The number of imidazole rings is 1. The molecule has 2 aromatic heterocycles. The van der Waals surface area contributed by atoms with E-state index in [1.54, 1.807) is 0 Å². The summed E-state index contributed by atoms with van der Waals surface area (Å²) in [5.41, 5.74) is 3.19. The molecule has 1 aromatic carbocycles. The number of aromatic amines is 2. The Hall–Kier alpha value is -2.63. The highest BCUT2D eigenvalue weighted by atomic mass is 16.5. The SMILES string of the molecule is Cc1ccc(OC(Cc2nc3nc[nH]c(=O)c3[nH]2)CC2CCCCC2)cc1C. The number of nitrogens with one attached hydrogen (secondary N) is 2. The smallest absolute Gasteiger partial charge is 0.276 e. The molecule has 6 heteroatoms. The first-order valence-electron chi connectivity index (χ1n) is 10.2. The van der Waals surface area contributed by atoms with Gasteiger partial charge in [-0.15, -0.1) is 0 Å². The lowest BCUT2D eigenvalue weighted by atomic mass is 9.85. The molecule has 1 aliphatic rings. The second kappa shape index (κ2) is 8.17. The number of rotatable bonds is 6. The standard InChI is InChI=1S/C22H28N4O2/c1-14-8-9-17(10-15(14)2)28-18(11-16-6-4-3-5-7-16)12-19-25-20-21(26-19)23-13-24-22(20)27/h8-10,13,16,18H,3-7,11-12H2,1-2H3,(H2,23,24,25,26,27). The Bertz CT molecular complexity index is 1000. The fraction of sp³-hybridized carbons (Fsp3) is 0.500. The minimum atomic E-state index is -0.192. The molecule has 1 fully saturated rings. The van der Waals surface area contributed by atoms with Crippen LogP contribution < -0.4 is 10.3 Å². The Morgan fingerprint density at radius 3 is 2.75 bits per heavy atom. The topological polar surface area (TPSA) is 83.7 Å². The number of aromatic nitrogens is 4. The number of aryl methyl sites for hydroxylation is 2. The highest BCUT2D eigenvalue weighted by molar-refractivity contribution is 5.68. The summed E-state index contributed by atoms with van der Waals surface area (Å²) in [6.07, 6.45) is 9.56. The largest absolute Gasteiger partial charge is 0.490 e. The number of ether oxygens (including phenoxy) is 1. The fourth-order valence-corrected chi connectivity index (χ4v) is 4.15. The quantitative estimate of drug-likeness (QED) is 0.670. The van der Waals surface area contributed by atoms with Crippen molar-refractivity contribution in [1.29, 1.82) is 0 Å². The zero-order valence-corrected chi connectivity index (χ0v) is 16.6. The molecular weight excluding hydrogens is 352 g/mol. The van der Waals surface area contributed by atoms with Crippen molar-refractivity contribution in [2.24, 2.45) is 5.92 Å². The van der Waals surface area contributed by atoms with Crippen LogP contribution in [-0.4, -0.2) is 26.0 Å². The predicted octanol–water partition coefficient (Wildman–Crippen LogP) is 4.22. The number of hydrogen-bond donors (Lipinski definition) is 2. The van der Waals surface area contributed by atoms with E-state index in [1.807, 2.05) is 6.07 Å². The maximum absolute atomic E-state index is 12.0. The maximum atomic E-state index is 12.0. The summed E-state index contributed by atoms with van der Waals surface area (Å²) in [6.45, 7) is 4.22. The van der Waals surface area contributed by atoms with Crippen molar-refractivity contribution in [2.45, 2.75) is 64.9 Å². The van der Waals surface area contributed by atoms with Gasteiger partial charge in [0.25, 0.3) is 5.56 Å². The summed E-state index contributed by atoms with van der Waals surface area (Å²) in [5, 5.41) is 0. The Labute approximate surface area is 164 Å². The Morgan fingerprint density at radius 2 is 2.00 bits per heavy atom. The molecule has 1 saturated carbocycles. The number of H-pyrrole nitrogens is 2. The molecule has 28 heavy (non-hydrogen) atoms. The number of hydrogen-bond acceptors (Lipinski definition) is 4. The summed E-state index contributed by atoms with van der Waals surface area (Å²) < 4.78 is 6.42. The monoisotopic (exact) mass is 380 g/mol. The van der Waals surface area contributed by atoms with Crippen LogP contribution in [0.2, 0.25) is 0 Å². The van der Waals surface area contributed by atoms with Crippen molar-refractivity contribution in [2.75, 3.05) is 0 Å². The first-order valence-corrected chi connectivity index (χ1v) is 10.2. The van der Waals surface area contributed by atoms with Crippen LogP contribution in [0, 0.1) is 19.8 Å². The number of benzene rings is 1. The molecule has 1 aliphatic carbocycles. The Kier molecular flexibility index (Phi) is 5.46. The molecule has 0 aliphatic heterocycles. The van der Waals surface area contributed by atoms with E-state index < -0.39 is 0 Å². The molecule has 148 valence electrons. The van der Waals surface area contributed by atoms with Gasteiger partial charge in [-0.2, -0.15) is 0 Å². The van der Waals surface area contributed by atoms with Crippen LogP contribution in [0.4, 0.5) is 0 Å². The van der Waals surface area contributed by atoms with Gasteiger partial charge in [0.05, 0.1) is 6.33 Å². The van der Waals surface area contributed by atoms with Gasteiger partial charge in [-0.05, 0) is 49.4 Å². The van der Waals surface area contributed by atoms with Crippen LogP contribution in [0.15, 0.2) is 29.3 Å². The molecule has 0 amide bonds. The minimum Gasteiger partial charge on any atom is -0.490 e. The lowest BCUT2D eigenvalue weighted by Gasteiger charge is -2.27. The average molecular weight is 380 g/mol. The van der Waals surface area contributed by atoms with Crippen molar-refractivity contribution in [3.05, 3.63) is 51.8 Å². The molecule has 0 saturated heterocycles. The molecule has 4 rings (SSSR count). The van der Waals surface area contributed by atoms with Crippen LogP contribution in [0.25, 0.3) is 11.2 Å². The molecule has 3 aromatic rings. The van der Waals surface area contributed by atoms with E-state index in [-0.39, 0.29) is 11.7 Å². The van der Waals surface area contributed by atoms with E-state index in [2.05, 4.69) is 45.9 Å². The van der Waals surface area contributed by atoms with Gasteiger partial charge in [-0.1, -0.05) is 38.2 Å². The van der Waals surface area contributed by atoms with Crippen LogP contribution in [0.3, 0.4) is 0 Å². The highest BCUT2D eigenvalue weighted by Crippen LogP contribution is 2.30. The van der Waals surface area contributed by atoms with Crippen LogP contribution in [0.1, 0.15) is 55.5 Å². The van der Waals surface area contributed by atoms with Gasteiger partial charge in [-0.3, -0.25) is 4.79 Å². The van der Waals surface area contributed by atoms with Crippen molar-refractivity contribution >= 4 is 11.2 Å². The summed E-state index contributed by atoms with van der Waals surface area (Å²) in [6, 6.07) is 6.25. The van der Waals surface area contributed by atoms with Gasteiger partial charge >= 0.3 is 0 Å².